The smallest absolute Gasteiger partial charge is 0.182 e. The summed E-state index contributed by atoms with van der Waals surface area (Å²) in [5.74, 6) is 0.651. The third-order valence-electron chi connectivity index (χ3n) is 14.3. The van der Waals surface area contributed by atoms with Gasteiger partial charge in [-0.15, -0.1) is 0 Å². The standard InChI is InChI=1S/C55H41NSSi/c1-2-16-36(17-3-1)37-30-32-41-39-18-4-14-28-51(39)58(53(41)34-37)52-29-15-5-19-40(52)42-33-31-38(35-54(42)58)56-47-24-10-6-20-43(47)55(44-21-7-11-25-48(44)56)45-22-8-12-26-49(45)57-50-27-13-9-23-46(50)55/h4-15,18-36H,1-3,16-17H2. The van der Waals surface area contributed by atoms with Crippen molar-refractivity contribution in [3.8, 4) is 22.3 Å². The van der Waals surface area contributed by atoms with E-state index in [4.69, 9.17) is 0 Å². The zero-order chi connectivity index (χ0) is 38.0. The van der Waals surface area contributed by atoms with Gasteiger partial charge in [-0.3, -0.25) is 0 Å². The first-order chi connectivity index (χ1) is 28.8. The molecule has 4 heterocycles. The van der Waals surface area contributed by atoms with Crippen LogP contribution in [0.4, 0.5) is 17.1 Å². The summed E-state index contributed by atoms with van der Waals surface area (Å²) in [5.41, 5.74) is 15.9. The summed E-state index contributed by atoms with van der Waals surface area (Å²) in [5, 5.41) is 6.20. The summed E-state index contributed by atoms with van der Waals surface area (Å²) in [6, 6.07) is 70.7. The lowest BCUT2D eigenvalue weighted by molar-refractivity contribution is 0.444. The van der Waals surface area contributed by atoms with Crippen molar-refractivity contribution in [2.75, 3.05) is 4.90 Å². The van der Waals surface area contributed by atoms with Crippen molar-refractivity contribution >= 4 is 57.6 Å². The molecule has 8 aromatic rings. The minimum absolute atomic E-state index is 0.454. The Kier molecular flexibility index (Phi) is 7.04. The molecular weight excluding hydrogens is 735 g/mol. The van der Waals surface area contributed by atoms with Gasteiger partial charge in [0.25, 0.3) is 0 Å². The van der Waals surface area contributed by atoms with Crippen LogP contribution >= 0.6 is 11.8 Å². The number of para-hydroxylation sites is 2. The molecule has 0 amide bonds. The predicted molar refractivity (Wildman–Crippen MR) is 245 cm³/mol. The topological polar surface area (TPSA) is 3.24 Å². The Morgan fingerprint density at radius 1 is 0.431 bits per heavy atom. The van der Waals surface area contributed by atoms with Crippen molar-refractivity contribution in [2.24, 2.45) is 0 Å². The van der Waals surface area contributed by atoms with Crippen LogP contribution in [0.2, 0.25) is 0 Å². The number of hydrogen-bond acceptors (Lipinski definition) is 2. The molecule has 276 valence electrons. The van der Waals surface area contributed by atoms with Gasteiger partial charge in [-0.2, -0.15) is 0 Å². The molecule has 0 radical (unpaired) electrons. The normalized spacial score (nSPS) is 18.7. The van der Waals surface area contributed by atoms with Crippen LogP contribution in [0.3, 0.4) is 0 Å². The molecule has 1 fully saturated rings. The Balaban J connectivity index is 1.08. The lowest BCUT2D eigenvalue weighted by Gasteiger charge is -2.49. The third-order valence-corrected chi connectivity index (χ3v) is 20.4. The highest BCUT2D eigenvalue weighted by atomic mass is 32.2. The van der Waals surface area contributed by atoms with E-state index in [2.05, 4.69) is 187 Å². The summed E-state index contributed by atoms with van der Waals surface area (Å²) < 4.78 is 0. The van der Waals surface area contributed by atoms with Crippen molar-refractivity contribution in [1.29, 1.82) is 0 Å². The van der Waals surface area contributed by atoms with Crippen molar-refractivity contribution in [1.82, 2.24) is 0 Å². The minimum atomic E-state index is -2.69. The van der Waals surface area contributed by atoms with Crippen LogP contribution in [0.1, 0.15) is 65.8 Å². The van der Waals surface area contributed by atoms with Gasteiger partial charge < -0.3 is 4.90 Å². The molecule has 13 rings (SSSR count). The van der Waals surface area contributed by atoms with Crippen LogP contribution in [0.25, 0.3) is 22.3 Å². The largest absolute Gasteiger partial charge is 0.310 e. The first kappa shape index (κ1) is 33.1. The van der Waals surface area contributed by atoms with E-state index in [0.717, 1.165) is 0 Å². The SMILES string of the molecule is c1ccc2c(c1)Sc1ccccc1C21c2ccccc2N(c2ccc3c(c2)[Si]2(c4ccccc4-c4ccc(C5CCCCC5)cc42)c2ccccc2-3)c2ccccc21. The highest BCUT2D eigenvalue weighted by molar-refractivity contribution is 7.99. The van der Waals surface area contributed by atoms with Gasteiger partial charge in [0.2, 0.25) is 0 Å². The molecule has 0 aromatic heterocycles. The fourth-order valence-electron chi connectivity index (χ4n) is 12.1. The van der Waals surface area contributed by atoms with Crippen molar-refractivity contribution < 1.29 is 0 Å². The van der Waals surface area contributed by atoms with Crippen molar-refractivity contribution in [3.05, 3.63) is 210 Å². The molecule has 1 aliphatic carbocycles. The zero-order valence-electron chi connectivity index (χ0n) is 32.3. The van der Waals surface area contributed by atoms with Crippen LogP contribution < -0.4 is 25.6 Å². The lowest BCUT2D eigenvalue weighted by atomic mass is 9.62. The first-order valence-electron chi connectivity index (χ1n) is 21.1. The molecule has 2 spiro atoms. The fourth-order valence-corrected chi connectivity index (χ4v) is 18.9. The molecule has 8 aromatic carbocycles. The minimum Gasteiger partial charge on any atom is -0.310 e. The average Bonchev–Trinajstić information content (AvgIpc) is 3.76. The molecule has 5 aliphatic rings. The van der Waals surface area contributed by atoms with Gasteiger partial charge in [-0.1, -0.05) is 177 Å². The number of nitrogens with zero attached hydrogens (tertiary/aromatic N) is 1. The number of hydrogen-bond donors (Lipinski definition) is 0. The maximum atomic E-state index is 2.70. The molecule has 1 unspecified atom stereocenters. The van der Waals surface area contributed by atoms with E-state index in [-0.39, 0.29) is 0 Å². The van der Waals surface area contributed by atoms with Gasteiger partial charge in [0.05, 0.1) is 16.8 Å². The van der Waals surface area contributed by atoms with Gasteiger partial charge in [0.15, 0.2) is 8.07 Å². The maximum absolute atomic E-state index is 2.70. The first-order valence-corrected chi connectivity index (χ1v) is 23.9. The second-order valence-corrected chi connectivity index (χ2v) is 21.7. The van der Waals surface area contributed by atoms with E-state index in [0.29, 0.717) is 5.92 Å². The van der Waals surface area contributed by atoms with E-state index < -0.39 is 13.5 Å². The van der Waals surface area contributed by atoms with E-state index in [1.165, 1.54) is 109 Å². The molecule has 1 atom stereocenters. The van der Waals surface area contributed by atoms with Gasteiger partial charge in [0.1, 0.15) is 0 Å². The van der Waals surface area contributed by atoms with E-state index in [9.17, 15) is 0 Å². The second-order valence-electron chi connectivity index (χ2n) is 16.9. The van der Waals surface area contributed by atoms with Crippen molar-refractivity contribution in [3.63, 3.8) is 0 Å². The fraction of sp³-hybridized carbons (Fsp3) is 0.127. The summed E-state index contributed by atoms with van der Waals surface area (Å²) in [6.45, 7) is 0. The van der Waals surface area contributed by atoms with Crippen molar-refractivity contribution in [2.45, 2.75) is 53.2 Å². The van der Waals surface area contributed by atoms with Gasteiger partial charge in [-0.25, -0.2) is 0 Å². The Labute approximate surface area is 346 Å². The number of rotatable bonds is 2. The number of fused-ring (bicyclic) bond motifs is 18. The van der Waals surface area contributed by atoms with E-state index >= 15 is 0 Å². The third kappa shape index (κ3) is 4.18. The highest BCUT2D eigenvalue weighted by Gasteiger charge is 2.55. The lowest BCUT2D eigenvalue weighted by Crippen LogP contribution is -2.70. The molecule has 0 N–H and O–H groups in total. The molecular formula is C55H41NSSi. The summed E-state index contributed by atoms with van der Waals surface area (Å²) in [7, 11) is -2.69. The van der Waals surface area contributed by atoms with Crippen LogP contribution in [-0.4, -0.2) is 8.07 Å². The zero-order valence-corrected chi connectivity index (χ0v) is 34.1. The van der Waals surface area contributed by atoms with Crippen LogP contribution in [0, 0.1) is 0 Å². The van der Waals surface area contributed by atoms with Gasteiger partial charge in [0, 0.05) is 15.5 Å². The predicted octanol–water partition coefficient (Wildman–Crippen LogP) is 11.7. The molecule has 1 nitrogen and oxygen atoms in total. The van der Waals surface area contributed by atoms with Crippen LogP contribution in [-0.2, 0) is 5.41 Å². The molecule has 0 saturated heterocycles. The molecule has 0 bridgehead atoms. The molecule has 58 heavy (non-hydrogen) atoms. The van der Waals surface area contributed by atoms with E-state index in [1.807, 2.05) is 11.8 Å². The monoisotopic (exact) mass is 775 g/mol. The molecule has 3 heteroatoms. The number of benzene rings is 8. The maximum Gasteiger partial charge on any atom is 0.182 e. The summed E-state index contributed by atoms with van der Waals surface area (Å²) in [4.78, 5) is 5.25. The Hall–Kier alpha value is -5.87. The quantitative estimate of drug-likeness (QED) is 0.161. The molecule has 4 aliphatic heterocycles. The van der Waals surface area contributed by atoms with Gasteiger partial charge >= 0.3 is 0 Å². The van der Waals surface area contributed by atoms with Gasteiger partial charge in [-0.05, 0) is 126 Å². The number of anilines is 3. The van der Waals surface area contributed by atoms with Crippen LogP contribution in [0.15, 0.2) is 192 Å². The highest BCUT2D eigenvalue weighted by Crippen LogP contribution is 2.62. The summed E-state index contributed by atoms with van der Waals surface area (Å²) in [6.07, 6.45) is 6.67. The van der Waals surface area contributed by atoms with Crippen LogP contribution in [0.5, 0.6) is 0 Å². The average molecular weight is 776 g/mol. The Morgan fingerprint density at radius 3 is 1.53 bits per heavy atom. The summed E-state index contributed by atoms with van der Waals surface area (Å²) >= 11 is 1.90. The second kappa shape index (κ2) is 12.3. The Morgan fingerprint density at radius 2 is 0.914 bits per heavy atom. The van der Waals surface area contributed by atoms with E-state index in [1.54, 1.807) is 21.1 Å². The molecule has 1 saturated carbocycles. The Bertz CT molecular complexity index is 2900.